The largest absolute Gasteiger partial charge is 0.465 e. The summed E-state index contributed by atoms with van der Waals surface area (Å²) in [7, 11) is 0. The molecule has 0 bridgehead atoms. The summed E-state index contributed by atoms with van der Waals surface area (Å²) < 4.78 is 10.9. The molecule has 0 aromatic carbocycles. The van der Waals surface area contributed by atoms with Crippen molar-refractivity contribution in [3.63, 3.8) is 0 Å². The molecule has 0 N–H and O–H groups in total. The Bertz CT molecular complexity index is 648. The molecule has 0 fully saturated rings. The third-order valence-corrected chi connectivity index (χ3v) is 11.0. The van der Waals surface area contributed by atoms with E-state index < -0.39 is 0 Å². The van der Waals surface area contributed by atoms with E-state index in [2.05, 4.69) is 13.8 Å². The van der Waals surface area contributed by atoms with E-state index in [-0.39, 0.29) is 17.9 Å². The fourth-order valence-corrected chi connectivity index (χ4v) is 7.36. The third kappa shape index (κ3) is 43.3. The summed E-state index contributed by atoms with van der Waals surface area (Å²) in [6, 6.07) is 0. The number of esters is 2. The molecular weight excluding hydrogens is 641 g/mol. The first-order valence-electron chi connectivity index (χ1n) is 23.9. The van der Waals surface area contributed by atoms with E-state index in [1.807, 2.05) is 6.92 Å². The second-order valence-corrected chi connectivity index (χ2v) is 16.7. The third-order valence-electron chi connectivity index (χ3n) is 11.0. The SMILES string of the molecule is CCCCCCCCCCCCCCCCCCCCCC(=O)OCC(C)COC(=O)CCCCCCCCCCCCCCCCCCCCC. The monoisotopic (exact) mass is 735 g/mol. The van der Waals surface area contributed by atoms with Crippen molar-refractivity contribution < 1.29 is 19.1 Å². The topological polar surface area (TPSA) is 52.6 Å². The number of carbonyl (C=O) groups is 2. The van der Waals surface area contributed by atoms with Crippen LogP contribution in [0, 0.1) is 5.92 Å². The first kappa shape index (κ1) is 50.9. The highest BCUT2D eigenvalue weighted by atomic mass is 16.5. The molecule has 0 spiro atoms. The molecule has 0 aliphatic heterocycles. The molecule has 52 heavy (non-hydrogen) atoms. The zero-order valence-corrected chi connectivity index (χ0v) is 35.9. The molecule has 0 unspecified atom stereocenters. The summed E-state index contributed by atoms with van der Waals surface area (Å²) >= 11 is 0. The van der Waals surface area contributed by atoms with Crippen LogP contribution in [0.5, 0.6) is 0 Å². The van der Waals surface area contributed by atoms with E-state index in [4.69, 9.17) is 9.47 Å². The summed E-state index contributed by atoms with van der Waals surface area (Å²) in [5.74, 6) is -0.179. The Balaban J connectivity index is 3.34. The van der Waals surface area contributed by atoms with Crippen molar-refractivity contribution in [2.24, 2.45) is 5.92 Å². The van der Waals surface area contributed by atoms with Gasteiger partial charge < -0.3 is 9.47 Å². The highest BCUT2D eigenvalue weighted by Crippen LogP contribution is 2.17. The number of rotatable bonds is 44. The Morgan fingerprint density at radius 1 is 0.308 bits per heavy atom. The predicted molar refractivity (Wildman–Crippen MR) is 227 cm³/mol. The van der Waals surface area contributed by atoms with Gasteiger partial charge in [-0.15, -0.1) is 0 Å². The smallest absolute Gasteiger partial charge is 0.305 e. The maximum atomic E-state index is 12.1. The number of unbranched alkanes of at least 4 members (excludes halogenated alkanes) is 36. The van der Waals surface area contributed by atoms with Crippen molar-refractivity contribution in [2.75, 3.05) is 13.2 Å². The van der Waals surface area contributed by atoms with Gasteiger partial charge in [0.05, 0.1) is 13.2 Å². The zero-order valence-electron chi connectivity index (χ0n) is 35.9. The number of hydrogen-bond acceptors (Lipinski definition) is 4. The summed E-state index contributed by atoms with van der Waals surface area (Å²) in [5.41, 5.74) is 0. The molecule has 0 radical (unpaired) electrons. The minimum atomic E-state index is -0.112. The first-order chi connectivity index (χ1) is 25.6. The molecule has 0 saturated carbocycles. The average Bonchev–Trinajstić information content (AvgIpc) is 3.15. The molecule has 0 atom stereocenters. The van der Waals surface area contributed by atoms with Crippen LogP contribution in [0.1, 0.15) is 278 Å². The van der Waals surface area contributed by atoms with Gasteiger partial charge in [-0.2, -0.15) is 0 Å². The minimum Gasteiger partial charge on any atom is -0.465 e. The molecule has 0 heterocycles. The van der Waals surface area contributed by atoms with Crippen LogP contribution >= 0.6 is 0 Å². The number of hydrogen-bond donors (Lipinski definition) is 0. The second-order valence-electron chi connectivity index (χ2n) is 16.7. The quantitative estimate of drug-likeness (QED) is 0.0462. The highest BCUT2D eigenvalue weighted by molar-refractivity contribution is 5.69. The van der Waals surface area contributed by atoms with E-state index in [9.17, 15) is 9.59 Å². The maximum absolute atomic E-state index is 12.1. The predicted octanol–water partition coefficient (Wildman–Crippen LogP) is 16.4. The number of ether oxygens (including phenoxy) is 2. The van der Waals surface area contributed by atoms with E-state index in [1.165, 1.54) is 218 Å². The van der Waals surface area contributed by atoms with Crippen LogP contribution in [0.3, 0.4) is 0 Å². The molecule has 4 nitrogen and oxygen atoms in total. The van der Waals surface area contributed by atoms with Crippen LogP contribution in [-0.2, 0) is 19.1 Å². The van der Waals surface area contributed by atoms with Crippen molar-refractivity contribution in [3.05, 3.63) is 0 Å². The summed E-state index contributed by atoms with van der Waals surface area (Å²) in [4.78, 5) is 24.3. The van der Waals surface area contributed by atoms with Crippen LogP contribution in [0.15, 0.2) is 0 Å². The number of carbonyl (C=O) groups excluding carboxylic acids is 2. The molecule has 0 aliphatic carbocycles. The van der Waals surface area contributed by atoms with Gasteiger partial charge in [0.1, 0.15) is 0 Å². The molecular formula is C48H94O4. The van der Waals surface area contributed by atoms with Crippen molar-refractivity contribution in [3.8, 4) is 0 Å². The van der Waals surface area contributed by atoms with Gasteiger partial charge >= 0.3 is 11.9 Å². The van der Waals surface area contributed by atoms with Gasteiger partial charge in [0.2, 0.25) is 0 Å². The van der Waals surface area contributed by atoms with Crippen molar-refractivity contribution in [1.29, 1.82) is 0 Å². The van der Waals surface area contributed by atoms with Gasteiger partial charge in [0.25, 0.3) is 0 Å². The lowest BCUT2D eigenvalue weighted by molar-refractivity contribution is -0.148. The molecule has 0 rings (SSSR count). The lowest BCUT2D eigenvalue weighted by atomic mass is 10.0. The van der Waals surface area contributed by atoms with Gasteiger partial charge in [-0.25, -0.2) is 0 Å². The van der Waals surface area contributed by atoms with Gasteiger partial charge in [-0.1, -0.05) is 252 Å². The molecule has 310 valence electrons. The Morgan fingerprint density at radius 2 is 0.481 bits per heavy atom. The van der Waals surface area contributed by atoms with Gasteiger partial charge in [-0.3, -0.25) is 9.59 Å². The van der Waals surface area contributed by atoms with Gasteiger partial charge in [0, 0.05) is 18.8 Å². The van der Waals surface area contributed by atoms with Crippen LogP contribution in [0.2, 0.25) is 0 Å². The second kappa shape index (κ2) is 44.3. The Labute approximate surface area is 326 Å². The van der Waals surface area contributed by atoms with Crippen LogP contribution in [-0.4, -0.2) is 25.2 Å². The van der Waals surface area contributed by atoms with E-state index in [0.29, 0.717) is 26.1 Å². The van der Waals surface area contributed by atoms with Crippen molar-refractivity contribution in [2.45, 2.75) is 278 Å². The molecule has 4 heteroatoms. The normalized spacial score (nSPS) is 11.5. The van der Waals surface area contributed by atoms with E-state index in [1.54, 1.807) is 0 Å². The molecule has 0 aliphatic rings. The lowest BCUT2D eigenvalue weighted by Crippen LogP contribution is -2.18. The van der Waals surface area contributed by atoms with Crippen molar-refractivity contribution in [1.82, 2.24) is 0 Å². The summed E-state index contributed by atoms with van der Waals surface area (Å²) in [6.07, 6.45) is 52.4. The Kier molecular flexibility index (Phi) is 43.4. The Morgan fingerprint density at radius 3 is 0.673 bits per heavy atom. The molecule has 0 saturated heterocycles. The van der Waals surface area contributed by atoms with Crippen LogP contribution in [0.25, 0.3) is 0 Å². The Hall–Kier alpha value is -1.06. The van der Waals surface area contributed by atoms with Gasteiger partial charge in [0.15, 0.2) is 0 Å². The lowest BCUT2D eigenvalue weighted by Gasteiger charge is -2.13. The van der Waals surface area contributed by atoms with Crippen molar-refractivity contribution >= 4 is 11.9 Å². The molecule has 0 aromatic heterocycles. The van der Waals surface area contributed by atoms with Crippen LogP contribution in [0.4, 0.5) is 0 Å². The fraction of sp³-hybridized carbons (Fsp3) is 0.958. The zero-order chi connectivity index (χ0) is 37.8. The molecule has 0 amide bonds. The molecule has 0 aromatic rings. The van der Waals surface area contributed by atoms with Gasteiger partial charge in [-0.05, 0) is 12.8 Å². The standard InChI is InChI=1S/C48H94O4/c1-4-6-8-10-12-14-16-18-20-22-24-26-28-30-32-34-36-38-40-42-47(49)51-44-46(3)45-52-48(50)43-41-39-37-35-33-31-29-27-25-23-21-19-17-15-13-11-9-7-5-2/h46H,4-45H2,1-3H3. The summed E-state index contributed by atoms with van der Waals surface area (Å²) in [5, 5.41) is 0. The minimum absolute atomic E-state index is 0.0445. The fourth-order valence-electron chi connectivity index (χ4n) is 7.36. The summed E-state index contributed by atoms with van der Waals surface area (Å²) in [6.45, 7) is 7.24. The maximum Gasteiger partial charge on any atom is 0.305 e. The first-order valence-corrected chi connectivity index (χ1v) is 23.9. The highest BCUT2D eigenvalue weighted by Gasteiger charge is 2.11. The van der Waals surface area contributed by atoms with Crippen LogP contribution < -0.4 is 0 Å². The van der Waals surface area contributed by atoms with E-state index in [0.717, 1.165) is 25.7 Å². The average molecular weight is 735 g/mol. The van der Waals surface area contributed by atoms with E-state index >= 15 is 0 Å².